The van der Waals surface area contributed by atoms with Crippen LogP contribution in [0.5, 0.6) is 5.75 Å². The van der Waals surface area contributed by atoms with Gasteiger partial charge in [-0.25, -0.2) is 0 Å². The number of hydrogen-bond donors (Lipinski definition) is 2. The normalized spacial score (nSPS) is 9.50. The Morgan fingerprint density at radius 2 is 1.93 bits per heavy atom. The Balaban J connectivity index is 2.32. The number of aryl methyl sites for hydroxylation is 1. The van der Waals surface area contributed by atoms with E-state index in [1.165, 1.54) is 5.56 Å². The number of rotatable bonds is 4. The molecule has 0 spiro atoms. The average Bonchev–Trinajstić information content (AvgIpc) is 2.15. The van der Waals surface area contributed by atoms with Crippen LogP contribution in [0.2, 0.25) is 0 Å². The van der Waals surface area contributed by atoms with Crippen molar-refractivity contribution in [2.24, 2.45) is 16.5 Å². The van der Waals surface area contributed by atoms with Gasteiger partial charge in [0.2, 0.25) is 0 Å². The number of aliphatic imine (C=N–C) groups is 1. The summed E-state index contributed by atoms with van der Waals surface area (Å²) in [5, 5.41) is 0. The summed E-state index contributed by atoms with van der Waals surface area (Å²) in [4.78, 5) is 3.80. The lowest BCUT2D eigenvalue weighted by atomic mass is 10.2. The van der Waals surface area contributed by atoms with Crippen molar-refractivity contribution in [2.75, 3.05) is 13.2 Å². The highest BCUT2D eigenvalue weighted by atomic mass is 16.5. The predicted octanol–water partition coefficient (Wildman–Crippen LogP) is 0.647. The number of ether oxygens (including phenoxy) is 1. The molecule has 0 atom stereocenters. The first-order valence-corrected chi connectivity index (χ1v) is 4.43. The number of nitrogens with two attached hydrogens (primary N) is 2. The van der Waals surface area contributed by atoms with Gasteiger partial charge < -0.3 is 16.2 Å². The largest absolute Gasteiger partial charge is 0.492 e. The minimum absolute atomic E-state index is 0.0949. The highest BCUT2D eigenvalue weighted by Crippen LogP contribution is 2.10. The van der Waals surface area contributed by atoms with Crippen LogP contribution in [0.4, 0.5) is 0 Å². The van der Waals surface area contributed by atoms with Crippen LogP contribution in [0.3, 0.4) is 0 Å². The number of hydrogen-bond acceptors (Lipinski definition) is 2. The molecule has 0 amide bonds. The first kappa shape index (κ1) is 10.4. The molecule has 0 heterocycles. The van der Waals surface area contributed by atoms with Gasteiger partial charge in [0.05, 0.1) is 6.54 Å². The van der Waals surface area contributed by atoms with E-state index in [1.807, 2.05) is 31.2 Å². The molecule has 1 aromatic carbocycles. The van der Waals surface area contributed by atoms with E-state index < -0.39 is 0 Å². The lowest BCUT2D eigenvalue weighted by Gasteiger charge is -2.04. The SMILES string of the molecule is Cc1ccc(OCCN=C(N)N)cc1. The van der Waals surface area contributed by atoms with Crippen LogP contribution >= 0.6 is 0 Å². The van der Waals surface area contributed by atoms with Crippen LogP contribution in [0.25, 0.3) is 0 Å². The molecular formula is C10H15N3O. The van der Waals surface area contributed by atoms with Gasteiger partial charge >= 0.3 is 0 Å². The fourth-order valence-electron chi connectivity index (χ4n) is 0.973. The molecule has 0 fully saturated rings. The van der Waals surface area contributed by atoms with Crippen LogP contribution in [-0.4, -0.2) is 19.1 Å². The highest BCUT2D eigenvalue weighted by Gasteiger charge is 1.91. The van der Waals surface area contributed by atoms with Gasteiger partial charge in [0, 0.05) is 0 Å². The zero-order valence-electron chi connectivity index (χ0n) is 8.23. The molecule has 1 aromatic rings. The van der Waals surface area contributed by atoms with E-state index in [0.717, 1.165) is 5.75 Å². The van der Waals surface area contributed by atoms with Gasteiger partial charge in [0.25, 0.3) is 0 Å². The molecule has 0 aliphatic heterocycles. The molecular weight excluding hydrogens is 178 g/mol. The lowest BCUT2D eigenvalue weighted by Crippen LogP contribution is -2.23. The van der Waals surface area contributed by atoms with Gasteiger partial charge in [-0.15, -0.1) is 0 Å². The summed E-state index contributed by atoms with van der Waals surface area (Å²) in [6.45, 7) is 3.00. The molecule has 1 rings (SSSR count). The van der Waals surface area contributed by atoms with Crippen molar-refractivity contribution in [3.63, 3.8) is 0 Å². The van der Waals surface area contributed by atoms with Crippen molar-refractivity contribution in [3.05, 3.63) is 29.8 Å². The van der Waals surface area contributed by atoms with E-state index in [-0.39, 0.29) is 5.96 Å². The molecule has 76 valence electrons. The van der Waals surface area contributed by atoms with Crippen molar-refractivity contribution in [3.8, 4) is 5.75 Å². The van der Waals surface area contributed by atoms with E-state index in [0.29, 0.717) is 13.2 Å². The van der Waals surface area contributed by atoms with Gasteiger partial charge in [0.1, 0.15) is 12.4 Å². The minimum atomic E-state index is 0.0949. The summed E-state index contributed by atoms with van der Waals surface area (Å²) in [5.41, 5.74) is 11.5. The van der Waals surface area contributed by atoms with E-state index in [9.17, 15) is 0 Å². The molecule has 4 N–H and O–H groups in total. The molecule has 0 aliphatic rings. The van der Waals surface area contributed by atoms with Crippen molar-refractivity contribution < 1.29 is 4.74 Å². The smallest absolute Gasteiger partial charge is 0.186 e. The zero-order valence-corrected chi connectivity index (χ0v) is 8.23. The molecule has 0 saturated heterocycles. The summed E-state index contributed by atoms with van der Waals surface area (Å²) in [7, 11) is 0. The van der Waals surface area contributed by atoms with Crippen molar-refractivity contribution >= 4 is 5.96 Å². The first-order valence-electron chi connectivity index (χ1n) is 4.43. The van der Waals surface area contributed by atoms with E-state index in [2.05, 4.69) is 4.99 Å². The molecule has 0 unspecified atom stereocenters. The second kappa shape index (κ2) is 5.11. The Bertz CT molecular complexity index is 302. The summed E-state index contributed by atoms with van der Waals surface area (Å²) < 4.78 is 5.39. The molecule has 0 aromatic heterocycles. The molecule has 0 radical (unpaired) electrons. The fraction of sp³-hybridized carbons (Fsp3) is 0.300. The van der Waals surface area contributed by atoms with E-state index >= 15 is 0 Å². The number of benzene rings is 1. The molecule has 14 heavy (non-hydrogen) atoms. The van der Waals surface area contributed by atoms with Crippen LogP contribution in [0.1, 0.15) is 5.56 Å². The topological polar surface area (TPSA) is 73.6 Å². The molecule has 0 saturated carbocycles. The maximum Gasteiger partial charge on any atom is 0.186 e. The maximum absolute atomic E-state index is 5.39. The Hall–Kier alpha value is -1.71. The number of guanidine groups is 1. The van der Waals surface area contributed by atoms with Gasteiger partial charge in [-0.3, -0.25) is 4.99 Å². The van der Waals surface area contributed by atoms with Gasteiger partial charge in [-0.1, -0.05) is 17.7 Å². The standard InChI is InChI=1S/C10H15N3O/c1-8-2-4-9(5-3-8)14-7-6-13-10(11)12/h2-5H,6-7H2,1H3,(H4,11,12,13). The van der Waals surface area contributed by atoms with Crippen molar-refractivity contribution in [1.82, 2.24) is 0 Å². The summed E-state index contributed by atoms with van der Waals surface area (Å²) >= 11 is 0. The summed E-state index contributed by atoms with van der Waals surface area (Å²) in [5.74, 6) is 0.930. The van der Waals surface area contributed by atoms with Gasteiger partial charge in [0.15, 0.2) is 5.96 Å². The lowest BCUT2D eigenvalue weighted by molar-refractivity contribution is 0.328. The third-order valence-electron chi connectivity index (χ3n) is 1.68. The fourth-order valence-corrected chi connectivity index (χ4v) is 0.973. The van der Waals surface area contributed by atoms with Crippen LogP contribution in [0.15, 0.2) is 29.3 Å². The molecule has 4 nitrogen and oxygen atoms in total. The van der Waals surface area contributed by atoms with Crippen LogP contribution in [0, 0.1) is 6.92 Å². The Labute approximate surface area is 83.6 Å². The van der Waals surface area contributed by atoms with Gasteiger partial charge in [-0.2, -0.15) is 0 Å². The van der Waals surface area contributed by atoms with Crippen molar-refractivity contribution in [2.45, 2.75) is 6.92 Å². The summed E-state index contributed by atoms with van der Waals surface area (Å²) in [6, 6.07) is 7.83. The number of nitrogens with zero attached hydrogens (tertiary/aromatic N) is 1. The quantitative estimate of drug-likeness (QED) is 0.419. The third kappa shape index (κ3) is 3.80. The zero-order chi connectivity index (χ0) is 10.4. The average molecular weight is 193 g/mol. The molecule has 0 bridgehead atoms. The Kier molecular flexibility index (Phi) is 3.79. The van der Waals surface area contributed by atoms with Crippen molar-refractivity contribution in [1.29, 1.82) is 0 Å². The monoisotopic (exact) mass is 193 g/mol. The third-order valence-corrected chi connectivity index (χ3v) is 1.68. The van der Waals surface area contributed by atoms with E-state index in [4.69, 9.17) is 16.2 Å². The Morgan fingerprint density at radius 1 is 1.29 bits per heavy atom. The maximum atomic E-state index is 5.39. The second-order valence-electron chi connectivity index (χ2n) is 2.97. The second-order valence-corrected chi connectivity index (χ2v) is 2.97. The highest BCUT2D eigenvalue weighted by molar-refractivity contribution is 5.75. The van der Waals surface area contributed by atoms with Crippen LogP contribution < -0.4 is 16.2 Å². The first-order chi connectivity index (χ1) is 6.68. The van der Waals surface area contributed by atoms with Gasteiger partial charge in [-0.05, 0) is 19.1 Å². The summed E-state index contributed by atoms with van der Waals surface area (Å²) in [6.07, 6.45) is 0. The Morgan fingerprint density at radius 3 is 2.50 bits per heavy atom. The molecule has 0 aliphatic carbocycles. The molecule has 4 heteroatoms. The predicted molar refractivity (Wildman–Crippen MR) is 57.4 cm³/mol. The van der Waals surface area contributed by atoms with Crippen LogP contribution in [-0.2, 0) is 0 Å². The minimum Gasteiger partial charge on any atom is -0.492 e. The van der Waals surface area contributed by atoms with E-state index in [1.54, 1.807) is 0 Å².